The average molecular weight is 196 g/mol. The van der Waals surface area contributed by atoms with E-state index < -0.39 is 23.9 Å². The summed E-state index contributed by atoms with van der Waals surface area (Å²) in [5.41, 5.74) is 0. The van der Waals surface area contributed by atoms with Gasteiger partial charge in [-0.3, -0.25) is 10.6 Å². The van der Waals surface area contributed by atoms with Crippen molar-refractivity contribution in [3.05, 3.63) is 0 Å². The van der Waals surface area contributed by atoms with E-state index in [1.54, 1.807) is 0 Å². The Hall–Kier alpha value is -0.620. The van der Waals surface area contributed by atoms with Gasteiger partial charge in [0.2, 0.25) is 5.78 Å². The van der Waals surface area contributed by atoms with Crippen molar-refractivity contribution in [2.45, 2.75) is 25.6 Å². The zero-order chi connectivity index (χ0) is 10.2. The number of nitrogens with zero attached hydrogens (tertiary/aromatic N) is 1. The van der Waals surface area contributed by atoms with E-state index in [1.165, 1.54) is 11.9 Å². The predicted molar refractivity (Wildman–Crippen MR) is 39.5 cm³/mol. The molecule has 0 aromatic carbocycles. The number of nitrogens with two attached hydrogens (primary N) is 1. The summed E-state index contributed by atoms with van der Waals surface area (Å²) in [5, 5.41) is 1.27. The first kappa shape index (κ1) is 10.5. The lowest BCUT2D eigenvalue weighted by Crippen LogP contribution is -2.41. The van der Waals surface area contributed by atoms with Gasteiger partial charge in [-0.25, -0.2) is 5.01 Å². The van der Waals surface area contributed by atoms with E-state index in [9.17, 15) is 18.0 Å². The number of ketones is 1. The molecule has 0 amide bonds. The molecule has 0 aromatic heterocycles. The van der Waals surface area contributed by atoms with Crippen LogP contribution in [0.2, 0.25) is 0 Å². The minimum absolute atomic E-state index is 0.190. The average Bonchev–Trinajstić information content (AvgIpc) is 2.30. The van der Waals surface area contributed by atoms with Crippen LogP contribution in [0.25, 0.3) is 0 Å². The lowest BCUT2D eigenvalue weighted by Gasteiger charge is -2.19. The summed E-state index contributed by atoms with van der Waals surface area (Å²) in [6.45, 7) is 1.87. The van der Waals surface area contributed by atoms with Crippen LogP contribution >= 0.6 is 0 Å². The van der Waals surface area contributed by atoms with Crippen molar-refractivity contribution in [3.63, 3.8) is 0 Å². The van der Waals surface area contributed by atoms with Gasteiger partial charge in [0.25, 0.3) is 0 Å². The summed E-state index contributed by atoms with van der Waals surface area (Å²) in [6.07, 6.45) is -4.54. The van der Waals surface area contributed by atoms with Gasteiger partial charge in [0, 0.05) is 18.5 Å². The van der Waals surface area contributed by atoms with E-state index in [1.807, 2.05) is 0 Å². The fourth-order valence-corrected chi connectivity index (χ4v) is 1.52. The molecular weight excluding hydrogens is 185 g/mol. The van der Waals surface area contributed by atoms with Gasteiger partial charge in [-0.15, -0.1) is 0 Å². The molecule has 2 N–H and O–H groups in total. The van der Waals surface area contributed by atoms with Crippen LogP contribution in [0.15, 0.2) is 0 Å². The van der Waals surface area contributed by atoms with Gasteiger partial charge in [0.15, 0.2) is 0 Å². The minimum Gasteiger partial charge on any atom is -0.289 e. The molecule has 0 bridgehead atoms. The Morgan fingerprint density at radius 2 is 2.08 bits per heavy atom. The Kier molecular flexibility index (Phi) is 2.63. The molecule has 2 atom stereocenters. The van der Waals surface area contributed by atoms with E-state index in [2.05, 4.69) is 0 Å². The number of alkyl halides is 3. The second-order valence-corrected chi connectivity index (χ2v) is 3.24. The van der Waals surface area contributed by atoms with Crippen LogP contribution in [0.5, 0.6) is 0 Å². The molecule has 0 aliphatic carbocycles. The summed E-state index contributed by atoms with van der Waals surface area (Å²) < 4.78 is 36.0. The Morgan fingerprint density at radius 3 is 2.38 bits per heavy atom. The number of carbonyl (C=O) groups is 1. The van der Waals surface area contributed by atoms with Crippen molar-refractivity contribution in [2.24, 2.45) is 11.8 Å². The van der Waals surface area contributed by atoms with Crippen LogP contribution in [0.4, 0.5) is 13.2 Å². The Bertz CT molecular complexity index is 216. The number of hydrazine groups is 1. The molecule has 1 aliphatic heterocycles. The third kappa shape index (κ3) is 2.00. The second-order valence-electron chi connectivity index (χ2n) is 3.24. The van der Waals surface area contributed by atoms with Crippen molar-refractivity contribution in [2.75, 3.05) is 6.54 Å². The summed E-state index contributed by atoms with van der Waals surface area (Å²) in [7, 11) is 0. The highest BCUT2D eigenvalue weighted by molar-refractivity contribution is 5.87. The standard InChI is InChI=1S/C7H11F3N2O/c1-4-5(2-3-12(4)11)6(13)7(8,9)10/h4-5H,2-3,11H2,1H3. The smallest absolute Gasteiger partial charge is 0.289 e. The zero-order valence-corrected chi connectivity index (χ0v) is 7.14. The second kappa shape index (κ2) is 3.26. The van der Waals surface area contributed by atoms with Gasteiger partial charge in [-0.05, 0) is 13.3 Å². The van der Waals surface area contributed by atoms with Crippen LogP contribution in [0.3, 0.4) is 0 Å². The van der Waals surface area contributed by atoms with Crippen molar-refractivity contribution in [1.29, 1.82) is 0 Å². The summed E-state index contributed by atoms with van der Waals surface area (Å²) in [6, 6.07) is -0.519. The van der Waals surface area contributed by atoms with Gasteiger partial charge in [-0.1, -0.05) is 0 Å². The van der Waals surface area contributed by atoms with Crippen LogP contribution in [0.1, 0.15) is 13.3 Å². The first-order chi connectivity index (χ1) is 5.84. The van der Waals surface area contributed by atoms with Crippen molar-refractivity contribution >= 4 is 5.78 Å². The fourth-order valence-electron chi connectivity index (χ4n) is 1.52. The van der Waals surface area contributed by atoms with Crippen LogP contribution in [-0.2, 0) is 4.79 Å². The van der Waals surface area contributed by atoms with E-state index in [-0.39, 0.29) is 6.42 Å². The molecule has 1 fully saturated rings. The van der Waals surface area contributed by atoms with Gasteiger partial charge in [0.1, 0.15) is 0 Å². The minimum atomic E-state index is -4.73. The topological polar surface area (TPSA) is 46.3 Å². The molecular formula is C7H11F3N2O. The van der Waals surface area contributed by atoms with Crippen molar-refractivity contribution < 1.29 is 18.0 Å². The van der Waals surface area contributed by atoms with Gasteiger partial charge < -0.3 is 0 Å². The monoisotopic (exact) mass is 196 g/mol. The SMILES string of the molecule is CC1C(C(=O)C(F)(F)F)CCN1N. The molecule has 76 valence electrons. The van der Waals surface area contributed by atoms with Crippen LogP contribution in [0, 0.1) is 5.92 Å². The first-order valence-electron chi connectivity index (χ1n) is 3.96. The Balaban J connectivity index is 2.69. The van der Waals surface area contributed by atoms with Crippen molar-refractivity contribution in [3.8, 4) is 0 Å². The number of carbonyl (C=O) groups excluding carboxylic acids is 1. The van der Waals surface area contributed by atoms with Crippen LogP contribution < -0.4 is 5.84 Å². The van der Waals surface area contributed by atoms with Crippen molar-refractivity contribution in [1.82, 2.24) is 5.01 Å². The highest BCUT2D eigenvalue weighted by atomic mass is 19.4. The Labute approximate surface area is 73.7 Å². The molecule has 0 aromatic rings. The maximum absolute atomic E-state index is 12.0. The zero-order valence-electron chi connectivity index (χ0n) is 7.14. The molecule has 1 saturated heterocycles. The molecule has 6 heteroatoms. The quantitative estimate of drug-likeness (QED) is 0.628. The molecule has 0 saturated carbocycles. The molecule has 1 rings (SSSR count). The predicted octanol–water partition coefficient (Wildman–Crippen LogP) is 0.702. The van der Waals surface area contributed by atoms with E-state index in [4.69, 9.17) is 5.84 Å². The molecule has 0 spiro atoms. The van der Waals surface area contributed by atoms with Gasteiger partial charge in [0.05, 0.1) is 0 Å². The van der Waals surface area contributed by atoms with Gasteiger partial charge in [-0.2, -0.15) is 13.2 Å². The first-order valence-corrected chi connectivity index (χ1v) is 3.96. The molecule has 1 aliphatic rings. The lowest BCUT2D eigenvalue weighted by atomic mass is 9.96. The lowest BCUT2D eigenvalue weighted by molar-refractivity contribution is -0.176. The third-order valence-corrected chi connectivity index (χ3v) is 2.42. The maximum Gasteiger partial charge on any atom is 0.450 e. The van der Waals surface area contributed by atoms with Gasteiger partial charge >= 0.3 is 6.18 Å². The molecule has 13 heavy (non-hydrogen) atoms. The number of hydrogen-bond donors (Lipinski definition) is 1. The Morgan fingerprint density at radius 1 is 1.54 bits per heavy atom. The number of hydrogen-bond acceptors (Lipinski definition) is 3. The maximum atomic E-state index is 12.0. The summed E-state index contributed by atoms with van der Waals surface area (Å²) >= 11 is 0. The van der Waals surface area contributed by atoms with Crippen LogP contribution in [-0.4, -0.2) is 29.6 Å². The third-order valence-electron chi connectivity index (χ3n) is 2.42. The molecule has 1 heterocycles. The number of rotatable bonds is 1. The molecule has 2 unspecified atom stereocenters. The number of halogens is 3. The number of Topliss-reactive ketones (excluding diaryl/α,β-unsaturated/α-hetero) is 1. The normalized spacial score (nSPS) is 30.8. The largest absolute Gasteiger partial charge is 0.450 e. The fraction of sp³-hybridized carbons (Fsp3) is 0.857. The summed E-state index contributed by atoms with van der Waals surface area (Å²) in [5.74, 6) is 2.71. The molecule has 0 radical (unpaired) electrons. The van der Waals surface area contributed by atoms with E-state index in [0.717, 1.165) is 0 Å². The van der Waals surface area contributed by atoms with E-state index in [0.29, 0.717) is 6.54 Å². The molecule has 3 nitrogen and oxygen atoms in total. The highest BCUT2D eigenvalue weighted by Crippen LogP contribution is 2.29. The highest BCUT2D eigenvalue weighted by Gasteiger charge is 2.47. The van der Waals surface area contributed by atoms with E-state index >= 15 is 0 Å². The summed E-state index contributed by atoms with van der Waals surface area (Å²) in [4.78, 5) is 10.8.